The first-order chi connectivity index (χ1) is 7.42. The van der Waals surface area contributed by atoms with Gasteiger partial charge < -0.3 is 9.64 Å². The predicted octanol–water partition coefficient (Wildman–Crippen LogP) is 3.20. The third kappa shape index (κ3) is 2.48. The van der Waals surface area contributed by atoms with Crippen molar-refractivity contribution in [3.8, 4) is 11.8 Å². The zero-order valence-corrected chi connectivity index (χ0v) is 11.5. The molecule has 0 radical (unpaired) electrons. The van der Waals surface area contributed by atoms with E-state index in [0.29, 0.717) is 0 Å². The van der Waals surface area contributed by atoms with Crippen molar-refractivity contribution in [3.05, 3.63) is 22.7 Å². The topological polar surface area (TPSA) is 36.3 Å². The van der Waals surface area contributed by atoms with Crippen molar-refractivity contribution < 1.29 is 4.74 Å². The van der Waals surface area contributed by atoms with Crippen molar-refractivity contribution in [2.75, 3.05) is 19.1 Å². The van der Waals surface area contributed by atoms with Crippen LogP contribution in [0.5, 0.6) is 5.75 Å². The molecule has 0 fully saturated rings. The van der Waals surface area contributed by atoms with Crippen LogP contribution < -0.4 is 9.64 Å². The van der Waals surface area contributed by atoms with Gasteiger partial charge in [-0.2, -0.15) is 5.26 Å². The van der Waals surface area contributed by atoms with Gasteiger partial charge in [-0.3, -0.25) is 0 Å². The van der Waals surface area contributed by atoms with E-state index in [-0.39, 0.29) is 0 Å². The molecular formula is C12H15BrN2O. The fourth-order valence-electron chi connectivity index (χ4n) is 1.30. The Balaban J connectivity index is 3.22. The van der Waals surface area contributed by atoms with Crippen molar-refractivity contribution in [3.63, 3.8) is 0 Å². The highest BCUT2D eigenvalue weighted by Crippen LogP contribution is 2.33. The summed E-state index contributed by atoms with van der Waals surface area (Å²) >= 11 is 3.42. The number of nitriles is 1. The highest BCUT2D eigenvalue weighted by molar-refractivity contribution is 9.10. The third-order valence-corrected chi connectivity index (χ3v) is 3.11. The van der Waals surface area contributed by atoms with Crippen molar-refractivity contribution in [2.24, 2.45) is 0 Å². The van der Waals surface area contributed by atoms with Gasteiger partial charge in [0, 0.05) is 11.5 Å². The largest absolute Gasteiger partial charge is 0.495 e. The molecule has 0 aliphatic carbocycles. The van der Waals surface area contributed by atoms with Gasteiger partial charge in [-0.25, -0.2) is 0 Å². The monoisotopic (exact) mass is 282 g/mol. The number of halogens is 1. The number of rotatable bonds is 3. The summed E-state index contributed by atoms with van der Waals surface area (Å²) in [6.07, 6.45) is 0. The molecule has 1 rings (SSSR count). The Kier molecular flexibility index (Phi) is 3.82. The Morgan fingerprint density at radius 2 is 2.06 bits per heavy atom. The Morgan fingerprint density at radius 3 is 2.56 bits per heavy atom. The van der Waals surface area contributed by atoms with E-state index >= 15 is 0 Å². The van der Waals surface area contributed by atoms with Gasteiger partial charge in [-0.15, -0.1) is 0 Å². The molecule has 3 nitrogen and oxygen atoms in total. The van der Waals surface area contributed by atoms with Gasteiger partial charge in [0.05, 0.1) is 18.9 Å². The molecule has 0 N–H and O–H groups in total. The first-order valence-electron chi connectivity index (χ1n) is 4.91. The Morgan fingerprint density at radius 1 is 1.44 bits per heavy atom. The second-order valence-electron chi connectivity index (χ2n) is 4.05. The summed E-state index contributed by atoms with van der Waals surface area (Å²) in [6.45, 7) is 3.74. The predicted molar refractivity (Wildman–Crippen MR) is 68.8 cm³/mol. The molecule has 0 aliphatic heterocycles. The van der Waals surface area contributed by atoms with E-state index in [1.165, 1.54) is 0 Å². The molecule has 1 aromatic carbocycles. The molecule has 0 saturated heterocycles. The zero-order valence-electron chi connectivity index (χ0n) is 9.91. The van der Waals surface area contributed by atoms with E-state index in [4.69, 9.17) is 10.00 Å². The quantitative estimate of drug-likeness (QED) is 0.854. The molecule has 0 saturated carbocycles. The van der Waals surface area contributed by atoms with E-state index < -0.39 is 5.54 Å². The molecule has 0 amide bonds. The smallest absolute Gasteiger partial charge is 0.142 e. The molecule has 0 unspecified atom stereocenters. The minimum atomic E-state index is -0.575. The summed E-state index contributed by atoms with van der Waals surface area (Å²) in [5.74, 6) is 0.758. The number of ether oxygens (including phenoxy) is 1. The van der Waals surface area contributed by atoms with Gasteiger partial charge in [0.2, 0.25) is 0 Å². The van der Waals surface area contributed by atoms with Gasteiger partial charge in [0.25, 0.3) is 0 Å². The molecule has 86 valence electrons. The SMILES string of the molecule is COc1ccc(Br)cc1N(C)C(C)(C)C#N. The average Bonchev–Trinajstić information content (AvgIpc) is 2.28. The first kappa shape index (κ1) is 12.9. The number of nitrogens with zero attached hydrogens (tertiary/aromatic N) is 2. The molecule has 0 aromatic heterocycles. The fraction of sp³-hybridized carbons (Fsp3) is 0.417. The molecule has 0 spiro atoms. The van der Waals surface area contributed by atoms with Gasteiger partial charge in [0.15, 0.2) is 0 Å². The molecule has 1 aromatic rings. The number of hydrogen-bond acceptors (Lipinski definition) is 3. The third-order valence-electron chi connectivity index (χ3n) is 2.61. The summed E-state index contributed by atoms with van der Waals surface area (Å²) < 4.78 is 6.25. The molecular weight excluding hydrogens is 268 g/mol. The summed E-state index contributed by atoms with van der Waals surface area (Å²) in [5.41, 5.74) is 0.317. The maximum absolute atomic E-state index is 9.11. The number of hydrogen-bond donors (Lipinski definition) is 0. The molecule has 0 heterocycles. The molecule has 4 heteroatoms. The first-order valence-corrected chi connectivity index (χ1v) is 5.70. The van der Waals surface area contributed by atoms with Crippen LogP contribution in [-0.2, 0) is 0 Å². The lowest BCUT2D eigenvalue weighted by atomic mass is 10.0. The van der Waals surface area contributed by atoms with Crippen LogP contribution in [-0.4, -0.2) is 19.7 Å². The van der Waals surface area contributed by atoms with Crippen molar-refractivity contribution in [1.82, 2.24) is 0 Å². The zero-order chi connectivity index (χ0) is 12.3. The minimum Gasteiger partial charge on any atom is -0.495 e. The van der Waals surface area contributed by atoms with Crippen LogP contribution in [0, 0.1) is 11.3 Å². The normalized spacial score (nSPS) is 10.8. The van der Waals surface area contributed by atoms with E-state index in [1.807, 2.05) is 44.0 Å². The summed E-state index contributed by atoms with van der Waals surface area (Å²) in [5, 5.41) is 9.11. The van der Waals surface area contributed by atoms with Crippen LogP contribution in [0.3, 0.4) is 0 Å². The van der Waals surface area contributed by atoms with Crippen molar-refractivity contribution in [2.45, 2.75) is 19.4 Å². The van der Waals surface area contributed by atoms with Crippen molar-refractivity contribution in [1.29, 1.82) is 5.26 Å². The van der Waals surface area contributed by atoms with E-state index in [1.54, 1.807) is 7.11 Å². The standard InChI is InChI=1S/C12H15BrN2O/c1-12(2,8-14)15(3)10-7-9(13)5-6-11(10)16-4/h5-7H,1-4H3. The van der Waals surface area contributed by atoms with Crippen molar-refractivity contribution >= 4 is 21.6 Å². The van der Waals surface area contributed by atoms with Crippen LogP contribution in [0.4, 0.5) is 5.69 Å². The summed E-state index contributed by atoms with van der Waals surface area (Å²) in [4.78, 5) is 1.90. The molecule has 0 aliphatic rings. The van der Waals surface area contributed by atoms with Gasteiger partial charge in [0.1, 0.15) is 11.3 Å². The van der Waals surface area contributed by atoms with Crippen LogP contribution >= 0.6 is 15.9 Å². The van der Waals surface area contributed by atoms with Crippen LogP contribution in [0.25, 0.3) is 0 Å². The van der Waals surface area contributed by atoms with Crippen LogP contribution in [0.2, 0.25) is 0 Å². The lowest BCUT2D eigenvalue weighted by Crippen LogP contribution is -2.39. The molecule has 16 heavy (non-hydrogen) atoms. The average molecular weight is 283 g/mol. The molecule has 0 bridgehead atoms. The minimum absolute atomic E-state index is 0.575. The van der Waals surface area contributed by atoms with Crippen LogP contribution in [0.15, 0.2) is 22.7 Å². The second-order valence-corrected chi connectivity index (χ2v) is 4.96. The summed E-state index contributed by atoms with van der Waals surface area (Å²) in [7, 11) is 3.51. The van der Waals surface area contributed by atoms with E-state index in [0.717, 1.165) is 15.9 Å². The maximum Gasteiger partial charge on any atom is 0.142 e. The lowest BCUT2D eigenvalue weighted by molar-refractivity contribution is 0.412. The number of anilines is 1. The highest BCUT2D eigenvalue weighted by atomic mass is 79.9. The fourth-order valence-corrected chi connectivity index (χ4v) is 1.65. The lowest BCUT2D eigenvalue weighted by Gasteiger charge is -2.32. The Bertz CT molecular complexity index is 424. The molecule has 0 atom stereocenters. The van der Waals surface area contributed by atoms with Gasteiger partial charge in [-0.1, -0.05) is 15.9 Å². The van der Waals surface area contributed by atoms with E-state index in [9.17, 15) is 0 Å². The highest BCUT2D eigenvalue weighted by Gasteiger charge is 2.25. The maximum atomic E-state index is 9.11. The summed E-state index contributed by atoms with van der Waals surface area (Å²) in [6, 6.07) is 8.00. The van der Waals surface area contributed by atoms with Crippen LogP contribution in [0.1, 0.15) is 13.8 Å². The second kappa shape index (κ2) is 4.75. The van der Waals surface area contributed by atoms with Gasteiger partial charge in [-0.05, 0) is 32.0 Å². The number of benzene rings is 1. The Hall–Kier alpha value is -1.21. The van der Waals surface area contributed by atoms with Gasteiger partial charge >= 0.3 is 0 Å². The van der Waals surface area contributed by atoms with E-state index in [2.05, 4.69) is 22.0 Å². The number of methoxy groups -OCH3 is 1. The Labute approximate surface area is 105 Å².